The summed E-state index contributed by atoms with van der Waals surface area (Å²) in [5.41, 5.74) is 2.76. The molecule has 0 saturated carbocycles. The largest absolute Gasteiger partial charge is 0.478 e. The molecule has 0 saturated heterocycles. The van der Waals surface area contributed by atoms with Gasteiger partial charge in [0.05, 0.1) is 12.2 Å². The Hall–Kier alpha value is -2.40. The zero-order chi connectivity index (χ0) is 14.5. The minimum atomic E-state index is -0.967. The third-order valence-electron chi connectivity index (χ3n) is 2.88. The van der Waals surface area contributed by atoms with Gasteiger partial charge in [0.1, 0.15) is 5.82 Å². The van der Waals surface area contributed by atoms with Crippen LogP contribution in [0.1, 0.15) is 27.2 Å². The number of carboxylic acid groups (broad SMARTS) is 1. The molecular formula is C15H16N2O3. The third kappa shape index (κ3) is 3.55. The lowest BCUT2D eigenvalue weighted by molar-refractivity contribution is 0.0696. The minimum absolute atomic E-state index is 0.0229. The number of hydrogen-bond donors (Lipinski definition) is 3. The number of hydrogen-bond acceptors (Lipinski definition) is 4. The highest BCUT2D eigenvalue weighted by Gasteiger charge is 2.06. The molecule has 5 heteroatoms. The van der Waals surface area contributed by atoms with Crippen molar-refractivity contribution in [2.24, 2.45) is 0 Å². The molecule has 104 valence electrons. The first-order chi connectivity index (χ1) is 9.58. The fourth-order valence-electron chi connectivity index (χ4n) is 1.84. The molecule has 5 nitrogen and oxygen atoms in total. The van der Waals surface area contributed by atoms with E-state index in [9.17, 15) is 4.79 Å². The fraction of sp³-hybridized carbons (Fsp3) is 0.200. The van der Waals surface area contributed by atoms with Gasteiger partial charge >= 0.3 is 5.97 Å². The summed E-state index contributed by atoms with van der Waals surface area (Å²) in [6.45, 7) is 2.32. The van der Waals surface area contributed by atoms with Crippen molar-refractivity contribution in [2.75, 3.05) is 5.32 Å². The summed E-state index contributed by atoms with van der Waals surface area (Å²) in [6.07, 6.45) is 0. The standard InChI is InChI=1S/C15H16N2O3/c1-10-6-13(15(19)20)7-14(17-10)16-8-11-2-4-12(9-18)5-3-11/h2-7,18H,8-9H2,1H3,(H,16,17)(H,19,20). The maximum absolute atomic E-state index is 11.0. The highest BCUT2D eigenvalue weighted by molar-refractivity contribution is 5.88. The molecule has 0 unspecified atom stereocenters. The average Bonchev–Trinajstić information content (AvgIpc) is 2.45. The molecule has 0 atom stereocenters. The molecule has 0 radical (unpaired) electrons. The second-order valence-corrected chi connectivity index (χ2v) is 4.52. The summed E-state index contributed by atoms with van der Waals surface area (Å²) < 4.78 is 0. The molecule has 0 spiro atoms. The van der Waals surface area contributed by atoms with Crippen LogP contribution in [-0.2, 0) is 13.2 Å². The molecule has 1 heterocycles. The highest BCUT2D eigenvalue weighted by atomic mass is 16.4. The Morgan fingerprint density at radius 3 is 2.45 bits per heavy atom. The Kier molecular flexibility index (Phi) is 4.32. The number of aliphatic hydroxyl groups is 1. The van der Waals surface area contributed by atoms with Gasteiger partial charge in [0.15, 0.2) is 0 Å². The number of nitrogens with zero attached hydrogens (tertiary/aromatic N) is 1. The summed E-state index contributed by atoms with van der Waals surface area (Å²) in [6, 6.07) is 10.6. The zero-order valence-electron chi connectivity index (χ0n) is 11.1. The lowest BCUT2D eigenvalue weighted by Gasteiger charge is -2.08. The molecule has 1 aromatic heterocycles. The molecule has 3 N–H and O–H groups in total. The van der Waals surface area contributed by atoms with Crippen LogP contribution in [0.5, 0.6) is 0 Å². The maximum Gasteiger partial charge on any atom is 0.335 e. The number of aromatic carboxylic acids is 1. The van der Waals surface area contributed by atoms with Crippen LogP contribution in [0.4, 0.5) is 5.82 Å². The number of aryl methyl sites for hydroxylation is 1. The number of carbonyl (C=O) groups is 1. The van der Waals surface area contributed by atoms with Crippen molar-refractivity contribution in [3.05, 3.63) is 58.8 Å². The van der Waals surface area contributed by atoms with Crippen molar-refractivity contribution in [1.29, 1.82) is 0 Å². The van der Waals surface area contributed by atoms with E-state index in [2.05, 4.69) is 10.3 Å². The van der Waals surface area contributed by atoms with E-state index < -0.39 is 5.97 Å². The maximum atomic E-state index is 11.0. The van der Waals surface area contributed by atoms with Crippen molar-refractivity contribution in [1.82, 2.24) is 4.98 Å². The van der Waals surface area contributed by atoms with Gasteiger partial charge in [-0.2, -0.15) is 0 Å². The minimum Gasteiger partial charge on any atom is -0.478 e. The van der Waals surface area contributed by atoms with Gasteiger partial charge in [-0.15, -0.1) is 0 Å². The number of aromatic nitrogens is 1. The van der Waals surface area contributed by atoms with E-state index in [-0.39, 0.29) is 12.2 Å². The summed E-state index contributed by atoms with van der Waals surface area (Å²) in [5, 5.41) is 21.1. The molecule has 0 bridgehead atoms. The van der Waals surface area contributed by atoms with E-state index in [1.165, 1.54) is 12.1 Å². The van der Waals surface area contributed by atoms with E-state index in [0.717, 1.165) is 11.1 Å². The van der Waals surface area contributed by atoms with Crippen LogP contribution in [0, 0.1) is 6.92 Å². The van der Waals surface area contributed by atoms with Crippen LogP contribution in [0.2, 0.25) is 0 Å². The first-order valence-electron chi connectivity index (χ1n) is 6.23. The Balaban J connectivity index is 2.08. The average molecular weight is 272 g/mol. The molecule has 0 fully saturated rings. The van der Waals surface area contributed by atoms with Crippen molar-refractivity contribution in [2.45, 2.75) is 20.1 Å². The number of aliphatic hydroxyl groups excluding tert-OH is 1. The third-order valence-corrected chi connectivity index (χ3v) is 2.88. The van der Waals surface area contributed by atoms with Crippen LogP contribution >= 0.6 is 0 Å². The first-order valence-corrected chi connectivity index (χ1v) is 6.23. The van der Waals surface area contributed by atoms with Gasteiger partial charge in [-0.05, 0) is 30.2 Å². The Morgan fingerprint density at radius 1 is 1.20 bits per heavy atom. The zero-order valence-corrected chi connectivity index (χ0v) is 11.1. The number of pyridine rings is 1. The summed E-state index contributed by atoms with van der Waals surface area (Å²) in [5.74, 6) is -0.431. The molecule has 0 aliphatic heterocycles. The van der Waals surface area contributed by atoms with Gasteiger partial charge in [-0.3, -0.25) is 0 Å². The van der Waals surface area contributed by atoms with Gasteiger partial charge < -0.3 is 15.5 Å². The Bertz CT molecular complexity index is 609. The van der Waals surface area contributed by atoms with Crippen molar-refractivity contribution < 1.29 is 15.0 Å². The SMILES string of the molecule is Cc1cc(C(=O)O)cc(NCc2ccc(CO)cc2)n1. The van der Waals surface area contributed by atoms with Crippen LogP contribution in [0.3, 0.4) is 0 Å². The van der Waals surface area contributed by atoms with Gasteiger partial charge in [0.2, 0.25) is 0 Å². The molecule has 0 aliphatic rings. The van der Waals surface area contributed by atoms with Crippen molar-refractivity contribution in [3.8, 4) is 0 Å². The van der Waals surface area contributed by atoms with Crippen molar-refractivity contribution in [3.63, 3.8) is 0 Å². The molecule has 0 aliphatic carbocycles. The van der Waals surface area contributed by atoms with E-state index >= 15 is 0 Å². The van der Waals surface area contributed by atoms with E-state index in [4.69, 9.17) is 10.2 Å². The fourth-order valence-corrected chi connectivity index (χ4v) is 1.84. The van der Waals surface area contributed by atoms with Crippen LogP contribution in [-0.4, -0.2) is 21.2 Å². The lowest BCUT2D eigenvalue weighted by Crippen LogP contribution is -2.05. The molecule has 1 aromatic carbocycles. The Labute approximate surface area is 116 Å². The van der Waals surface area contributed by atoms with E-state index in [1.807, 2.05) is 24.3 Å². The number of benzene rings is 1. The van der Waals surface area contributed by atoms with E-state index in [0.29, 0.717) is 18.1 Å². The molecule has 2 rings (SSSR count). The molecule has 0 amide bonds. The second-order valence-electron chi connectivity index (χ2n) is 4.52. The number of anilines is 1. The Morgan fingerprint density at radius 2 is 1.85 bits per heavy atom. The number of rotatable bonds is 5. The number of nitrogens with one attached hydrogen (secondary N) is 1. The highest BCUT2D eigenvalue weighted by Crippen LogP contribution is 2.12. The summed E-state index contributed by atoms with van der Waals surface area (Å²) in [7, 11) is 0. The van der Waals surface area contributed by atoms with Crippen molar-refractivity contribution >= 4 is 11.8 Å². The first kappa shape index (κ1) is 14.0. The van der Waals surface area contributed by atoms with Crippen LogP contribution in [0.15, 0.2) is 36.4 Å². The monoisotopic (exact) mass is 272 g/mol. The van der Waals surface area contributed by atoms with Crippen LogP contribution in [0.25, 0.3) is 0 Å². The molecule has 2 aromatic rings. The van der Waals surface area contributed by atoms with Gasteiger partial charge in [-0.1, -0.05) is 24.3 Å². The van der Waals surface area contributed by atoms with Gasteiger partial charge in [-0.25, -0.2) is 9.78 Å². The van der Waals surface area contributed by atoms with E-state index in [1.54, 1.807) is 6.92 Å². The second kappa shape index (κ2) is 6.16. The normalized spacial score (nSPS) is 10.3. The number of carboxylic acids is 1. The predicted octanol–water partition coefficient (Wildman–Crippen LogP) is 2.19. The lowest BCUT2D eigenvalue weighted by atomic mass is 10.1. The quantitative estimate of drug-likeness (QED) is 0.777. The topological polar surface area (TPSA) is 82.5 Å². The van der Waals surface area contributed by atoms with Crippen LogP contribution < -0.4 is 5.32 Å². The molecular weight excluding hydrogens is 256 g/mol. The summed E-state index contributed by atoms with van der Waals surface area (Å²) in [4.78, 5) is 15.2. The predicted molar refractivity (Wildman–Crippen MR) is 75.6 cm³/mol. The molecule has 20 heavy (non-hydrogen) atoms. The summed E-state index contributed by atoms with van der Waals surface area (Å²) >= 11 is 0. The van der Waals surface area contributed by atoms with Gasteiger partial charge in [0.25, 0.3) is 0 Å². The van der Waals surface area contributed by atoms with Gasteiger partial charge in [0, 0.05) is 12.2 Å². The smallest absolute Gasteiger partial charge is 0.335 e.